The standard InChI is InChI=1S/C20H23FN2O4.C14H14FN3O2.C2HF3O/c1-20(2,3)27-18(25)11-15-12-22-16(19(23-15)26-4)9-10-17(24)13-5-7-14(21)8-6-13;1-20-14-11(17-8-13(16)18-14)6-7-12(19)9-2-4-10(15)5-3-9;3-2(4,5)1-6/h5-8,12H,9-11H2,1-4H3;2-5,8H,6-7H2,1H3,(H2,16,18);1H. The Bertz CT molecular complexity index is 1830. The van der Waals surface area contributed by atoms with Crippen molar-refractivity contribution < 1.29 is 55.3 Å². The molecule has 2 aromatic heterocycles. The zero-order chi connectivity index (χ0) is 39.8. The van der Waals surface area contributed by atoms with Crippen molar-refractivity contribution >= 4 is 29.6 Å². The number of benzene rings is 2. The summed E-state index contributed by atoms with van der Waals surface area (Å²) in [5.74, 6) is -0.539. The molecule has 284 valence electrons. The van der Waals surface area contributed by atoms with Crippen LogP contribution in [0, 0.1) is 11.6 Å². The van der Waals surface area contributed by atoms with Gasteiger partial charge in [0, 0.05) is 43.0 Å². The second-order valence-electron chi connectivity index (χ2n) is 11.9. The van der Waals surface area contributed by atoms with Gasteiger partial charge in [0.2, 0.25) is 18.0 Å². The summed E-state index contributed by atoms with van der Waals surface area (Å²) in [6.45, 7) is 5.37. The van der Waals surface area contributed by atoms with E-state index in [0.717, 1.165) is 0 Å². The van der Waals surface area contributed by atoms with Gasteiger partial charge in [0.15, 0.2) is 11.6 Å². The number of aldehydes is 1. The maximum absolute atomic E-state index is 12.9. The number of nitrogens with zero attached hydrogens (tertiary/aromatic N) is 4. The average Bonchev–Trinajstić information content (AvgIpc) is 3.10. The molecule has 0 atom stereocenters. The Balaban J connectivity index is 0.000000328. The van der Waals surface area contributed by atoms with E-state index in [1.54, 1.807) is 20.8 Å². The van der Waals surface area contributed by atoms with Crippen LogP contribution in [0.15, 0.2) is 60.9 Å². The van der Waals surface area contributed by atoms with Crippen LogP contribution in [0.5, 0.6) is 11.8 Å². The minimum atomic E-state index is -4.64. The van der Waals surface area contributed by atoms with Crippen LogP contribution in [0.25, 0.3) is 0 Å². The second-order valence-corrected chi connectivity index (χ2v) is 11.9. The van der Waals surface area contributed by atoms with E-state index in [1.165, 1.54) is 75.1 Å². The van der Waals surface area contributed by atoms with Gasteiger partial charge in [-0.05, 0) is 69.3 Å². The van der Waals surface area contributed by atoms with Gasteiger partial charge in [-0.25, -0.2) is 13.8 Å². The Hall–Kier alpha value is -5.87. The maximum Gasteiger partial charge on any atom is 0.446 e. The first-order valence-corrected chi connectivity index (χ1v) is 15.7. The first kappa shape index (κ1) is 43.3. The summed E-state index contributed by atoms with van der Waals surface area (Å²) in [6, 6.07) is 10.8. The predicted molar refractivity (Wildman–Crippen MR) is 181 cm³/mol. The Morgan fingerprint density at radius 2 is 1.15 bits per heavy atom. The molecular weight excluding hydrogens is 709 g/mol. The number of methoxy groups -OCH3 is 2. The quantitative estimate of drug-likeness (QED) is 0.0766. The van der Waals surface area contributed by atoms with Gasteiger partial charge in [-0.3, -0.25) is 29.1 Å². The number of aromatic nitrogens is 4. The molecule has 0 bridgehead atoms. The largest absolute Gasteiger partial charge is 0.480 e. The summed E-state index contributed by atoms with van der Waals surface area (Å²) in [5.41, 5.74) is 7.34. The minimum absolute atomic E-state index is 0.0184. The Morgan fingerprint density at radius 1 is 0.736 bits per heavy atom. The minimum Gasteiger partial charge on any atom is -0.480 e. The lowest BCUT2D eigenvalue weighted by atomic mass is 10.1. The molecule has 0 aliphatic heterocycles. The van der Waals surface area contributed by atoms with Crippen molar-refractivity contribution in [2.24, 2.45) is 0 Å². The van der Waals surface area contributed by atoms with E-state index < -0.39 is 24.0 Å². The fourth-order valence-corrected chi connectivity index (χ4v) is 4.15. The van der Waals surface area contributed by atoms with Crippen LogP contribution in [-0.2, 0) is 33.6 Å². The van der Waals surface area contributed by atoms with Crippen molar-refractivity contribution in [3.8, 4) is 11.8 Å². The van der Waals surface area contributed by atoms with Crippen LogP contribution in [0.3, 0.4) is 0 Å². The van der Waals surface area contributed by atoms with Crippen LogP contribution >= 0.6 is 0 Å². The highest BCUT2D eigenvalue weighted by Gasteiger charge is 2.25. The molecule has 4 aromatic rings. The van der Waals surface area contributed by atoms with Crippen molar-refractivity contribution in [1.82, 2.24) is 19.9 Å². The van der Waals surface area contributed by atoms with Gasteiger partial charge >= 0.3 is 12.1 Å². The van der Waals surface area contributed by atoms with Crippen molar-refractivity contribution in [3.05, 3.63) is 101 Å². The molecule has 0 aliphatic carbocycles. The number of rotatable bonds is 12. The van der Waals surface area contributed by atoms with Crippen molar-refractivity contribution in [1.29, 1.82) is 0 Å². The SMILES string of the molecule is COc1nc(CC(=O)OC(C)(C)C)cnc1CCC(=O)c1ccc(F)cc1.COc1nc(N)cnc1CCC(=O)c1ccc(F)cc1.O=CC(F)(F)F. The van der Waals surface area contributed by atoms with Crippen LogP contribution in [-0.4, -0.2) is 69.8 Å². The molecule has 4 rings (SSSR count). The number of alkyl halides is 3. The number of ketones is 2. The lowest BCUT2D eigenvalue weighted by molar-refractivity contribution is -0.156. The van der Waals surface area contributed by atoms with E-state index >= 15 is 0 Å². The van der Waals surface area contributed by atoms with Gasteiger partial charge in [-0.1, -0.05) is 0 Å². The smallest absolute Gasteiger partial charge is 0.446 e. The summed E-state index contributed by atoms with van der Waals surface area (Å²) in [7, 11) is 2.92. The van der Waals surface area contributed by atoms with Crippen LogP contribution in [0.4, 0.5) is 27.8 Å². The molecule has 2 aromatic carbocycles. The number of Topliss-reactive ketones (excluding diaryl/α,β-unsaturated/α-hetero) is 2. The normalized spacial score (nSPS) is 10.8. The zero-order valence-corrected chi connectivity index (χ0v) is 29.5. The van der Waals surface area contributed by atoms with Crippen LogP contribution in [0.2, 0.25) is 0 Å². The Morgan fingerprint density at radius 3 is 1.55 bits per heavy atom. The fourth-order valence-electron chi connectivity index (χ4n) is 4.15. The number of hydrogen-bond acceptors (Lipinski definition) is 12. The van der Waals surface area contributed by atoms with Crippen molar-refractivity contribution in [2.75, 3.05) is 20.0 Å². The molecule has 0 aliphatic rings. The number of ether oxygens (including phenoxy) is 3. The summed E-state index contributed by atoms with van der Waals surface area (Å²) in [6.07, 6.45) is -1.71. The maximum atomic E-state index is 12.9. The number of nitrogen functional groups attached to an aromatic ring is 1. The Kier molecular flexibility index (Phi) is 16.5. The monoisotopic (exact) mass is 747 g/mol. The van der Waals surface area contributed by atoms with E-state index in [9.17, 15) is 36.3 Å². The third-order valence-electron chi connectivity index (χ3n) is 6.47. The molecule has 2 N–H and O–H groups in total. The van der Waals surface area contributed by atoms with E-state index in [0.29, 0.717) is 46.9 Å². The number of halogens is 5. The molecule has 17 heteroatoms. The highest BCUT2D eigenvalue weighted by Crippen LogP contribution is 2.19. The van der Waals surface area contributed by atoms with E-state index in [4.69, 9.17) is 24.7 Å². The molecule has 0 amide bonds. The number of hydrogen-bond donors (Lipinski definition) is 1. The summed E-state index contributed by atoms with van der Waals surface area (Å²) < 4.78 is 72.5. The third-order valence-corrected chi connectivity index (χ3v) is 6.47. The molecule has 0 fully saturated rings. The molecule has 0 unspecified atom stereocenters. The van der Waals surface area contributed by atoms with Gasteiger partial charge in [-0.15, -0.1) is 0 Å². The van der Waals surface area contributed by atoms with Gasteiger partial charge in [-0.2, -0.15) is 18.2 Å². The lowest BCUT2D eigenvalue weighted by Gasteiger charge is -2.19. The van der Waals surface area contributed by atoms with E-state index in [2.05, 4.69) is 19.9 Å². The number of carbonyl (C=O) groups is 4. The van der Waals surface area contributed by atoms with Gasteiger partial charge in [0.25, 0.3) is 0 Å². The van der Waals surface area contributed by atoms with Gasteiger partial charge < -0.3 is 19.9 Å². The summed E-state index contributed by atoms with van der Waals surface area (Å²) in [5, 5.41) is 0. The number of esters is 1. The van der Waals surface area contributed by atoms with Crippen molar-refractivity contribution in [3.63, 3.8) is 0 Å². The topological polar surface area (TPSA) is 174 Å². The van der Waals surface area contributed by atoms with E-state index in [-0.39, 0.29) is 54.2 Å². The molecular formula is C36H38F5N5O7. The average molecular weight is 748 g/mol. The van der Waals surface area contributed by atoms with Crippen molar-refractivity contribution in [2.45, 2.75) is 64.7 Å². The lowest BCUT2D eigenvalue weighted by Crippen LogP contribution is -2.25. The zero-order valence-electron chi connectivity index (χ0n) is 29.5. The molecule has 12 nitrogen and oxygen atoms in total. The first-order chi connectivity index (χ1) is 24.8. The van der Waals surface area contributed by atoms with Crippen LogP contribution in [0.1, 0.15) is 71.4 Å². The Labute approximate surface area is 301 Å². The molecule has 0 spiro atoms. The van der Waals surface area contributed by atoms with Crippen LogP contribution < -0.4 is 15.2 Å². The molecule has 2 heterocycles. The molecule has 0 saturated carbocycles. The predicted octanol–water partition coefficient (Wildman–Crippen LogP) is 6.09. The summed E-state index contributed by atoms with van der Waals surface area (Å²) >= 11 is 0. The highest BCUT2D eigenvalue weighted by atomic mass is 19.4. The second kappa shape index (κ2) is 20.2. The number of anilines is 1. The number of carbonyl (C=O) groups excluding carboxylic acids is 4. The first-order valence-electron chi connectivity index (χ1n) is 15.7. The molecule has 53 heavy (non-hydrogen) atoms. The number of nitrogens with two attached hydrogens (primary N) is 1. The third kappa shape index (κ3) is 16.3. The molecule has 0 saturated heterocycles. The number of aryl methyl sites for hydroxylation is 2. The summed E-state index contributed by atoms with van der Waals surface area (Å²) in [4.78, 5) is 61.4. The van der Waals surface area contributed by atoms with Gasteiger partial charge in [0.05, 0.1) is 32.5 Å². The highest BCUT2D eigenvalue weighted by molar-refractivity contribution is 5.96. The molecule has 0 radical (unpaired) electrons. The van der Waals surface area contributed by atoms with Gasteiger partial charge in [0.1, 0.15) is 34.4 Å². The van der Waals surface area contributed by atoms with E-state index in [1.807, 2.05) is 0 Å². The fraction of sp³-hybridized carbons (Fsp3) is 0.333.